The van der Waals surface area contributed by atoms with E-state index in [1.165, 1.54) is 16.7 Å². The summed E-state index contributed by atoms with van der Waals surface area (Å²) < 4.78 is 19.9. The minimum Gasteiger partial charge on any atom is -0.496 e. The second kappa shape index (κ2) is 12.6. The van der Waals surface area contributed by atoms with Crippen molar-refractivity contribution in [1.82, 2.24) is 0 Å². The first-order valence-electron chi connectivity index (χ1n) is 13.7. The van der Waals surface area contributed by atoms with Crippen LogP contribution < -0.4 is 4.74 Å². The van der Waals surface area contributed by atoms with Crippen LogP contribution in [-0.4, -0.2) is 41.2 Å². The van der Waals surface area contributed by atoms with Crippen LogP contribution in [0.1, 0.15) is 54.7 Å². The maximum atomic E-state index is 7.01. The summed E-state index contributed by atoms with van der Waals surface area (Å²) in [4.78, 5) is 0. The van der Waals surface area contributed by atoms with Gasteiger partial charge < -0.3 is 13.6 Å². The normalized spacial score (nSPS) is 24.8. The number of thioether (sulfide) groups is 1. The molecule has 37 heavy (non-hydrogen) atoms. The number of hydrogen-bond acceptors (Lipinski definition) is 4. The molecule has 206 valence electrons. The number of methoxy groups -OCH3 is 1. The average Bonchev–Trinajstić information content (AvgIpc) is 2.81. The molecule has 3 nitrogen and oxygen atoms in total. The molecule has 1 heterocycles. The third-order valence-corrected chi connectivity index (χ3v) is 11.2. The molecular weight excluding hydrogens is 532 g/mol. The molecule has 3 rings (SSSR count). The Balaban J connectivity index is 2.10. The highest BCUT2D eigenvalue weighted by Crippen LogP contribution is 2.52. The minimum atomic E-state index is -1.87. The average molecular weight is 579 g/mol. The second-order valence-corrected chi connectivity index (χ2v) is 23.0. The lowest BCUT2D eigenvalue weighted by Crippen LogP contribution is -2.54. The molecule has 5 atom stereocenters. The maximum Gasteiger partial charge on any atom is 0.184 e. The van der Waals surface area contributed by atoms with Crippen LogP contribution in [0.2, 0.25) is 44.3 Å². The lowest BCUT2D eigenvalue weighted by atomic mass is 9.89. The Morgan fingerprint density at radius 1 is 0.865 bits per heavy atom. The van der Waals surface area contributed by atoms with Crippen molar-refractivity contribution in [2.75, 3.05) is 7.11 Å². The van der Waals surface area contributed by atoms with Crippen molar-refractivity contribution in [2.45, 2.75) is 102 Å². The van der Waals surface area contributed by atoms with Gasteiger partial charge in [-0.15, -0.1) is 11.8 Å². The van der Waals surface area contributed by atoms with E-state index in [1.807, 2.05) is 17.8 Å². The van der Waals surface area contributed by atoms with Crippen molar-refractivity contribution in [3.63, 3.8) is 0 Å². The molecule has 1 aliphatic rings. The van der Waals surface area contributed by atoms with Crippen LogP contribution in [0.15, 0.2) is 36.4 Å². The van der Waals surface area contributed by atoms with Crippen LogP contribution in [0.3, 0.4) is 0 Å². The van der Waals surface area contributed by atoms with Crippen LogP contribution in [0.4, 0.5) is 0 Å². The van der Waals surface area contributed by atoms with E-state index < -0.39 is 16.6 Å². The lowest BCUT2D eigenvalue weighted by Gasteiger charge is -2.49. The smallest absolute Gasteiger partial charge is 0.184 e. The van der Waals surface area contributed by atoms with Gasteiger partial charge >= 0.3 is 0 Å². The quantitative estimate of drug-likeness (QED) is 0.263. The predicted octanol–water partition coefficient (Wildman–Crippen LogP) is 9.14. The zero-order valence-corrected chi connectivity index (χ0v) is 28.1. The van der Waals surface area contributed by atoms with Gasteiger partial charge in [-0.05, 0) is 93.3 Å². The highest BCUT2D eigenvalue weighted by Gasteiger charge is 2.48. The van der Waals surface area contributed by atoms with E-state index in [9.17, 15) is 0 Å². The molecule has 0 bridgehead atoms. The largest absolute Gasteiger partial charge is 0.496 e. The third-order valence-electron chi connectivity index (χ3n) is 6.96. The molecule has 0 spiro atoms. The van der Waals surface area contributed by atoms with Crippen molar-refractivity contribution in [3.8, 4) is 5.75 Å². The topological polar surface area (TPSA) is 27.7 Å². The monoisotopic (exact) mass is 578 g/mol. The van der Waals surface area contributed by atoms with Crippen LogP contribution in [0.25, 0.3) is 0 Å². The van der Waals surface area contributed by atoms with Gasteiger partial charge in [-0.3, -0.25) is 0 Å². The van der Waals surface area contributed by atoms with Gasteiger partial charge in [0.2, 0.25) is 0 Å². The summed E-state index contributed by atoms with van der Waals surface area (Å²) in [5.74, 6) is 1.25. The van der Waals surface area contributed by atoms with E-state index in [0.29, 0.717) is 11.2 Å². The second-order valence-electron chi connectivity index (χ2n) is 12.3. The van der Waals surface area contributed by atoms with Crippen molar-refractivity contribution >= 4 is 40.0 Å². The summed E-state index contributed by atoms with van der Waals surface area (Å²) in [5.41, 5.74) is 4.92. The molecule has 7 heteroatoms. The highest BCUT2D eigenvalue weighted by molar-refractivity contribution is 8.00. The molecular formula is C30H47ClO3SSi2. The number of ether oxygens (including phenoxy) is 1. The molecule has 1 saturated heterocycles. The third kappa shape index (κ3) is 8.12. The summed E-state index contributed by atoms with van der Waals surface area (Å²) >= 11 is 8.87. The van der Waals surface area contributed by atoms with Crippen LogP contribution in [-0.2, 0) is 21.7 Å². The minimum absolute atomic E-state index is 0.0343. The standard InChI is InChI=1S/C30H47ClO3SSi2/c1-11-21-13-15-22(16-14-21)17-23-18-24(26(32-4)19-25(23)31)30-29(34-37(8,9)10)28(33-36(5,6)7)20(3)27(12-2)35-30/h13-16,18-20,27-30H,11-12,17H2,1-10H3/t20-,27-,28+,29-,30+/m1/s1. The van der Waals surface area contributed by atoms with Gasteiger partial charge in [-0.2, -0.15) is 0 Å². The van der Waals surface area contributed by atoms with Gasteiger partial charge in [0.05, 0.1) is 24.6 Å². The van der Waals surface area contributed by atoms with Crippen molar-refractivity contribution < 1.29 is 13.6 Å². The number of benzene rings is 2. The molecule has 0 N–H and O–H groups in total. The Kier molecular flexibility index (Phi) is 10.5. The van der Waals surface area contributed by atoms with E-state index in [4.69, 9.17) is 25.2 Å². The molecule has 2 aromatic carbocycles. The van der Waals surface area contributed by atoms with E-state index >= 15 is 0 Å². The number of hydrogen-bond donors (Lipinski definition) is 0. The Labute approximate surface area is 237 Å². The Hall–Kier alpha value is -0.766. The summed E-state index contributed by atoms with van der Waals surface area (Å²) in [5, 5.41) is 1.35. The van der Waals surface area contributed by atoms with Crippen molar-refractivity contribution in [3.05, 3.63) is 63.7 Å². The van der Waals surface area contributed by atoms with E-state index in [1.54, 1.807) is 7.11 Å². The van der Waals surface area contributed by atoms with Gasteiger partial charge in [0.25, 0.3) is 0 Å². The highest BCUT2D eigenvalue weighted by atomic mass is 35.5. The maximum absolute atomic E-state index is 7.01. The van der Waals surface area contributed by atoms with Gasteiger partial charge in [-0.25, -0.2) is 0 Å². The SMILES string of the molecule is CCc1ccc(Cc2cc([C@@H]3S[C@H](CC)[C@@H](C)[C@H](O[Si](C)(C)C)[C@H]3O[Si](C)(C)C)c(OC)cc2Cl)cc1. The van der Waals surface area contributed by atoms with Crippen LogP contribution in [0, 0.1) is 5.92 Å². The van der Waals surface area contributed by atoms with Gasteiger partial charge in [0.15, 0.2) is 16.6 Å². The molecule has 0 radical (unpaired) electrons. The summed E-state index contributed by atoms with van der Waals surface area (Å²) in [6, 6.07) is 13.2. The summed E-state index contributed by atoms with van der Waals surface area (Å²) in [6.45, 7) is 20.5. The summed E-state index contributed by atoms with van der Waals surface area (Å²) in [6.07, 6.45) is 2.95. The fraction of sp³-hybridized carbons (Fsp3) is 0.600. The lowest BCUT2D eigenvalue weighted by molar-refractivity contribution is 0.00142. The Bertz CT molecular complexity index is 1030. The molecule has 0 amide bonds. The number of rotatable bonds is 10. The predicted molar refractivity (Wildman–Crippen MR) is 167 cm³/mol. The van der Waals surface area contributed by atoms with Crippen LogP contribution >= 0.6 is 23.4 Å². The molecule has 0 unspecified atom stereocenters. The fourth-order valence-electron chi connectivity index (χ4n) is 5.18. The fourth-order valence-corrected chi connectivity index (χ4v) is 9.42. The zero-order chi connectivity index (χ0) is 27.5. The van der Waals surface area contributed by atoms with Gasteiger partial charge in [0.1, 0.15) is 5.75 Å². The first-order valence-corrected chi connectivity index (χ1v) is 21.8. The molecule has 0 saturated carbocycles. The van der Waals surface area contributed by atoms with Gasteiger partial charge in [0, 0.05) is 15.8 Å². The van der Waals surface area contributed by atoms with E-state index in [0.717, 1.165) is 35.6 Å². The molecule has 2 aromatic rings. The van der Waals surface area contributed by atoms with E-state index in [-0.39, 0.29) is 17.5 Å². The number of aryl methyl sites for hydroxylation is 1. The van der Waals surface area contributed by atoms with E-state index in [2.05, 4.69) is 90.4 Å². The first-order chi connectivity index (χ1) is 17.3. The Morgan fingerprint density at radius 2 is 1.43 bits per heavy atom. The summed E-state index contributed by atoms with van der Waals surface area (Å²) in [7, 11) is -1.92. The zero-order valence-electron chi connectivity index (χ0n) is 24.5. The number of halogens is 1. The van der Waals surface area contributed by atoms with Gasteiger partial charge in [-0.1, -0.05) is 56.6 Å². The molecule has 0 aliphatic carbocycles. The Morgan fingerprint density at radius 3 is 1.95 bits per heavy atom. The van der Waals surface area contributed by atoms with Crippen LogP contribution in [0.5, 0.6) is 5.75 Å². The van der Waals surface area contributed by atoms with Crippen molar-refractivity contribution in [1.29, 1.82) is 0 Å². The molecule has 1 fully saturated rings. The first kappa shape index (κ1) is 30.8. The van der Waals surface area contributed by atoms with Crippen molar-refractivity contribution in [2.24, 2.45) is 5.92 Å². The molecule has 0 aromatic heterocycles. The molecule has 1 aliphatic heterocycles.